The molecular formula is C46H42Br2N2SiZr. The first-order chi connectivity index (χ1) is 24.2. The number of aromatic nitrogens is 2. The van der Waals surface area contributed by atoms with Gasteiger partial charge in [0, 0.05) is 0 Å². The number of rotatable bonds is 4. The van der Waals surface area contributed by atoms with Gasteiger partial charge < -0.3 is 0 Å². The van der Waals surface area contributed by atoms with E-state index in [1.54, 1.807) is 0 Å². The summed E-state index contributed by atoms with van der Waals surface area (Å²) < 4.78 is 11.4. The third kappa shape index (κ3) is 4.87. The molecule has 0 N–H and O–H groups in total. The van der Waals surface area contributed by atoms with Gasteiger partial charge in [-0.1, -0.05) is 0 Å². The molecule has 0 saturated heterocycles. The number of halogens is 2. The van der Waals surface area contributed by atoms with Gasteiger partial charge in [0.15, 0.2) is 0 Å². The van der Waals surface area contributed by atoms with Crippen LogP contribution in [0.4, 0.5) is 0 Å². The van der Waals surface area contributed by atoms with Crippen LogP contribution >= 0.6 is 34.0 Å². The van der Waals surface area contributed by atoms with E-state index in [4.69, 9.17) is 0 Å². The molecule has 2 aliphatic carbocycles. The van der Waals surface area contributed by atoms with Crippen molar-refractivity contribution < 1.29 is 17.4 Å². The van der Waals surface area contributed by atoms with Gasteiger partial charge in [0.25, 0.3) is 0 Å². The normalized spacial score (nSPS) is 16.8. The topological polar surface area (TPSA) is 9.86 Å². The van der Waals surface area contributed by atoms with Crippen molar-refractivity contribution >= 4 is 96.6 Å². The molecule has 2 heterocycles. The molecule has 0 amide bonds. The van der Waals surface area contributed by atoms with Gasteiger partial charge >= 0.3 is 298 Å². The number of hydrogen-bond donors (Lipinski definition) is 0. The molecule has 0 spiro atoms. The summed E-state index contributed by atoms with van der Waals surface area (Å²) in [5, 5.41) is 5.25. The van der Waals surface area contributed by atoms with E-state index in [-0.39, 0.29) is 34.0 Å². The van der Waals surface area contributed by atoms with E-state index in [1.165, 1.54) is 88.4 Å². The van der Waals surface area contributed by atoms with Gasteiger partial charge in [-0.3, -0.25) is 0 Å². The molecule has 0 saturated carbocycles. The first kappa shape index (κ1) is 35.5. The van der Waals surface area contributed by atoms with E-state index in [1.807, 2.05) is 0 Å². The van der Waals surface area contributed by atoms with E-state index < -0.39 is 17.4 Å². The maximum atomic E-state index is 2.74. The molecule has 2 unspecified atom stereocenters. The molecule has 52 heavy (non-hydrogen) atoms. The van der Waals surface area contributed by atoms with Crippen molar-refractivity contribution in [2.45, 2.75) is 30.4 Å². The van der Waals surface area contributed by atoms with Crippen molar-refractivity contribution in [1.29, 1.82) is 0 Å². The Kier molecular flexibility index (Phi) is 8.54. The molecule has 2 atom stereocenters. The molecule has 6 heteroatoms. The minimum absolute atomic E-state index is 0. The van der Waals surface area contributed by atoms with Gasteiger partial charge in [0.05, 0.1) is 0 Å². The van der Waals surface area contributed by atoms with Crippen molar-refractivity contribution in [2.24, 2.45) is 0 Å². The average molecular weight is 902 g/mol. The fraction of sp³-hybridized carbons (Fsp3) is 0.130. The third-order valence-corrected chi connectivity index (χ3v) is 30.0. The summed E-state index contributed by atoms with van der Waals surface area (Å²) in [6, 6.07) is 49.7. The van der Waals surface area contributed by atoms with Gasteiger partial charge in [0.1, 0.15) is 0 Å². The number of hydrogen-bond acceptors (Lipinski definition) is 0. The van der Waals surface area contributed by atoms with Crippen LogP contribution in [0.2, 0.25) is 9.26 Å². The van der Waals surface area contributed by atoms with Crippen LogP contribution in [0.15, 0.2) is 145 Å². The van der Waals surface area contributed by atoms with Crippen molar-refractivity contribution in [2.75, 3.05) is 0 Å². The zero-order chi connectivity index (χ0) is 34.0. The Morgan fingerprint density at radius 3 is 1.08 bits per heavy atom. The van der Waals surface area contributed by atoms with E-state index in [0.717, 1.165) is 0 Å². The summed E-state index contributed by atoms with van der Waals surface area (Å²) in [6.45, 7) is 7.26. The van der Waals surface area contributed by atoms with Crippen LogP contribution in [0.3, 0.4) is 0 Å². The van der Waals surface area contributed by atoms with E-state index in [2.05, 4.69) is 185 Å². The van der Waals surface area contributed by atoms with Crippen LogP contribution < -0.4 is 0 Å². The number of nitrogens with zero attached hydrogens (tertiary/aromatic N) is 2. The Bertz CT molecular complexity index is 2600. The Morgan fingerprint density at radius 2 is 0.750 bits per heavy atom. The standard InChI is InChI=1S/2C22H16N.2CH3.2BrH.H2Si.Zr/c2*1-15-13-16-7-6-12-22(19(16)14-15)23-20-10-4-2-8-17(20)18-9-3-5-11-21(18)23;;;;;;/h2*2-14H,1H3;2*1H3;2*1H;1H2;. The monoisotopic (exact) mass is 898 g/mol. The molecule has 0 fully saturated rings. The Balaban J connectivity index is 0.00000193. The number of allylic oxidation sites excluding steroid dienone is 2. The molecule has 2 nitrogen and oxygen atoms in total. The van der Waals surface area contributed by atoms with E-state index >= 15 is 0 Å². The summed E-state index contributed by atoms with van der Waals surface area (Å²) in [6.07, 6.45) is 5.08. The molecule has 0 bridgehead atoms. The van der Waals surface area contributed by atoms with Crippen LogP contribution in [-0.4, -0.2) is 16.0 Å². The van der Waals surface area contributed by atoms with Crippen molar-refractivity contribution in [3.05, 3.63) is 167 Å². The Morgan fingerprint density at radius 1 is 0.442 bits per heavy atom. The predicted octanol–water partition coefficient (Wildman–Crippen LogP) is 13.0. The van der Waals surface area contributed by atoms with Crippen LogP contribution in [-0.2, 0) is 17.4 Å². The molecule has 10 rings (SSSR count). The predicted molar refractivity (Wildman–Crippen MR) is 235 cm³/mol. The molecule has 2 aromatic heterocycles. The fourth-order valence-corrected chi connectivity index (χ4v) is 31.8. The second-order valence-corrected chi connectivity index (χ2v) is 46.4. The van der Waals surface area contributed by atoms with Crippen molar-refractivity contribution in [3.8, 4) is 11.4 Å². The van der Waals surface area contributed by atoms with Crippen molar-refractivity contribution in [1.82, 2.24) is 9.13 Å². The molecule has 0 radical (unpaired) electrons. The zero-order valence-electron chi connectivity index (χ0n) is 29.9. The summed E-state index contributed by atoms with van der Waals surface area (Å²) >= 11 is -3.75. The summed E-state index contributed by atoms with van der Waals surface area (Å²) in [5.41, 5.74) is 16.6. The summed E-state index contributed by atoms with van der Waals surface area (Å²) in [7, 11) is 0. The van der Waals surface area contributed by atoms with Crippen LogP contribution in [0, 0.1) is 0 Å². The van der Waals surface area contributed by atoms with Gasteiger partial charge in [0.2, 0.25) is 0 Å². The Hall–Kier alpha value is -3.54. The van der Waals surface area contributed by atoms with E-state index in [0.29, 0.717) is 7.25 Å². The van der Waals surface area contributed by atoms with Gasteiger partial charge in [-0.15, -0.1) is 34.0 Å². The number of para-hydroxylation sites is 4. The molecule has 0 aliphatic heterocycles. The molecular weight excluding hydrogens is 860 g/mol. The fourth-order valence-electron chi connectivity index (χ4n) is 10.5. The number of fused-ring (bicyclic) bond motifs is 8. The van der Waals surface area contributed by atoms with Crippen LogP contribution in [0.25, 0.3) is 67.1 Å². The Labute approximate surface area is 328 Å². The molecule has 8 aromatic rings. The SMILES string of the molecule is Br.Br.CC1=Cc2c(cccc2-n2c3ccccc3c3ccccc32)[CH]1[Zr]([CH3])([CH3])(=[SiH2])[CH]1C(C)=Cc2c1cccc2-n1c2ccccc2c2ccccc21. The minimum atomic E-state index is -3.75. The van der Waals surface area contributed by atoms with Crippen LogP contribution in [0.1, 0.15) is 43.4 Å². The molecule has 258 valence electrons. The first-order valence-corrected chi connectivity index (χ1v) is 31.6. The molecule has 2 aliphatic rings. The van der Waals surface area contributed by atoms with Crippen molar-refractivity contribution in [3.63, 3.8) is 0 Å². The zero-order valence-corrected chi connectivity index (χ0v) is 37.2. The summed E-state index contributed by atoms with van der Waals surface area (Å²) in [4.78, 5) is 0. The first-order valence-electron chi connectivity index (χ1n) is 17.9. The van der Waals surface area contributed by atoms with Gasteiger partial charge in [-0.25, -0.2) is 0 Å². The van der Waals surface area contributed by atoms with Gasteiger partial charge in [-0.2, -0.15) is 0 Å². The number of benzene rings is 6. The summed E-state index contributed by atoms with van der Waals surface area (Å²) in [5.74, 6) is 0. The van der Waals surface area contributed by atoms with Crippen LogP contribution in [0.5, 0.6) is 0 Å². The maximum absolute atomic E-state index is 3.75. The van der Waals surface area contributed by atoms with E-state index in [9.17, 15) is 0 Å². The quantitative estimate of drug-likeness (QED) is 0.156. The van der Waals surface area contributed by atoms with Gasteiger partial charge in [-0.05, 0) is 0 Å². The second-order valence-electron chi connectivity index (χ2n) is 15.9. The molecule has 6 aromatic carbocycles. The average Bonchev–Trinajstić information content (AvgIpc) is 3.85. The third-order valence-electron chi connectivity index (χ3n) is 12.0. The second kappa shape index (κ2) is 12.5.